The van der Waals surface area contributed by atoms with E-state index >= 15 is 0 Å². The number of furan rings is 1. The first-order valence-corrected chi connectivity index (χ1v) is 12.3. The van der Waals surface area contributed by atoms with Gasteiger partial charge < -0.3 is 24.7 Å². The van der Waals surface area contributed by atoms with Crippen molar-refractivity contribution in [1.82, 2.24) is 14.9 Å². The Labute approximate surface area is 212 Å². The van der Waals surface area contributed by atoms with Crippen LogP contribution in [0.15, 0.2) is 41.1 Å². The Morgan fingerprint density at radius 3 is 2.44 bits per heavy atom. The first-order valence-electron chi connectivity index (χ1n) is 12.0. The predicted molar refractivity (Wildman–Crippen MR) is 133 cm³/mol. The number of carbonyl (C=O) groups is 3. The second-order valence-electron chi connectivity index (χ2n) is 8.95. The van der Waals surface area contributed by atoms with E-state index in [4.69, 9.17) is 20.8 Å². The van der Waals surface area contributed by atoms with Crippen LogP contribution in [0, 0.1) is 11.8 Å². The van der Waals surface area contributed by atoms with Crippen molar-refractivity contribution in [3.05, 3.63) is 47.4 Å². The number of anilines is 2. The number of nitrogens with zero attached hydrogens (tertiary/aromatic N) is 3. The summed E-state index contributed by atoms with van der Waals surface area (Å²) in [4.78, 5) is 49.3. The Morgan fingerprint density at radius 1 is 0.972 bits per heavy atom. The lowest BCUT2D eigenvalue weighted by atomic mass is 9.81. The molecule has 10 nitrogen and oxygen atoms in total. The van der Waals surface area contributed by atoms with Crippen LogP contribution >= 0.6 is 11.6 Å². The number of ether oxygens (including phenoxy) is 1. The van der Waals surface area contributed by atoms with Crippen LogP contribution in [0.4, 0.5) is 11.5 Å². The number of morpholine rings is 1. The Morgan fingerprint density at radius 2 is 1.72 bits per heavy atom. The highest BCUT2D eigenvalue weighted by atomic mass is 35.5. The number of nitrogens with one attached hydrogen (secondary N) is 2. The molecule has 2 N–H and O–H groups in total. The zero-order valence-corrected chi connectivity index (χ0v) is 20.3. The number of halogens is 1. The molecule has 36 heavy (non-hydrogen) atoms. The smallest absolute Gasteiger partial charge is 0.294 e. The SMILES string of the molecule is O=C(Nc1ccc(Cl)cn1)c1oc2cccnc2c1NC(=O)C1CCC(C(=O)N2CCOCC2)CC1. The monoisotopic (exact) mass is 511 g/mol. The third-order valence-corrected chi connectivity index (χ3v) is 6.86. The number of carbonyl (C=O) groups excluding carboxylic acids is 3. The fourth-order valence-corrected chi connectivity index (χ4v) is 4.81. The molecular weight excluding hydrogens is 486 g/mol. The average molecular weight is 512 g/mol. The maximum atomic E-state index is 13.2. The van der Waals surface area contributed by atoms with Gasteiger partial charge in [0.1, 0.15) is 17.0 Å². The Balaban J connectivity index is 1.28. The van der Waals surface area contributed by atoms with Crippen molar-refractivity contribution in [3.8, 4) is 0 Å². The summed E-state index contributed by atoms with van der Waals surface area (Å²) in [5, 5.41) is 5.97. The molecule has 0 spiro atoms. The van der Waals surface area contributed by atoms with Crippen LogP contribution in [0.5, 0.6) is 0 Å². The maximum Gasteiger partial charge on any atom is 0.294 e. The highest BCUT2D eigenvalue weighted by Crippen LogP contribution is 2.34. The molecule has 0 aromatic carbocycles. The van der Waals surface area contributed by atoms with Gasteiger partial charge in [-0.05, 0) is 49.9 Å². The largest absolute Gasteiger partial charge is 0.447 e. The molecule has 1 aliphatic carbocycles. The molecule has 0 atom stereocenters. The van der Waals surface area contributed by atoms with Crippen molar-refractivity contribution < 1.29 is 23.5 Å². The van der Waals surface area contributed by atoms with Crippen molar-refractivity contribution in [2.45, 2.75) is 25.7 Å². The van der Waals surface area contributed by atoms with Crippen LogP contribution in [0.2, 0.25) is 5.02 Å². The molecule has 3 amide bonds. The van der Waals surface area contributed by atoms with Crippen LogP contribution in [-0.2, 0) is 14.3 Å². The number of hydrogen-bond donors (Lipinski definition) is 2. The van der Waals surface area contributed by atoms with Gasteiger partial charge in [0.2, 0.25) is 17.6 Å². The fraction of sp³-hybridized carbons (Fsp3) is 0.400. The number of pyridine rings is 2. The number of hydrogen-bond acceptors (Lipinski definition) is 7. The van der Waals surface area contributed by atoms with E-state index < -0.39 is 5.91 Å². The van der Waals surface area contributed by atoms with Gasteiger partial charge in [-0.1, -0.05) is 11.6 Å². The van der Waals surface area contributed by atoms with Gasteiger partial charge in [0.25, 0.3) is 5.91 Å². The van der Waals surface area contributed by atoms with Crippen LogP contribution in [0.1, 0.15) is 36.2 Å². The molecule has 1 aliphatic heterocycles. The number of fused-ring (bicyclic) bond motifs is 1. The second kappa shape index (κ2) is 10.6. The number of rotatable bonds is 5. The quantitative estimate of drug-likeness (QED) is 0.534. The molecule has 3 aromatic heterocycles. The molecule has 11 heteroatoms. The highest BCUT2D eigenvalue weighted by Gasteiger charge is 2.34. The van der Waals surface area contributed by atoms with E-state index in [0.29, 0.717) is 73.9 Å². The molecule has 1 saturated heterocycles. The lowest BCUT2D eigenvalue weighted by Crippen LogP contribution is -2.44. The van der Waals surface area contributed by atoms with Crippen molar-refractivity contribution in [2.75, 3.05) is 36.9 Å². The summed E-state index contributed by atoms with van der Waals surface area (Å²) in [6.07, 6.45) is 5.46. The summed E-state index contributed by atoms with van der Waals surface area (Å²) in [6.45, 7) is 2.38. The van der Waals surface area contributed by atoms with Gasteiger partial charge in [0.05, 0.1) is 18.2 Å². The molecule has 188 valence electrons. The lowest BCUT2D eigenvalue weighted by molar-refractivity contribution is -0.141. The van der Waals surface area contributed by atoms with Crippen LogP contribution < -0.4 is 10.6 Å². The molecule has 5 rings (SSSR count). The minimum Gasteiger partial charge on any atom is -0.447 e. The fourth-order valence-electron chi connectivity index (χ4n) is 4.70. The normalized spacial score (nSPS) is 20.2. The molecule has 0 radical (unpaired) electrons. The van der Waals surface area contributed by atoms with Crippen molar-refractivity contribution >= 4 is 51.9 Å². The molecule has 4 heterocycles. The summed E-state index contributed by atoms with van der Waals surface area (Å²) < 4.78 is 11.1. The Kier molecular flexibility index (Phi) is 7.15. The van der Waals surface area contributed by atoms with E-state index in [1.807, 2.05) is 4.90 Å². The summed E-state index contributed by atoms with van der Waals surface area (Å²) in [6, 6.07) is 6.54. The van der Waals surface area contributed by atoms with Gasteiger partial charge in [-0.2, -0.15) is 0 Å². The lowest BCUT2D eigenvalue weighted by Gasteiger charge is -2.33. The number of amides is 3. The van der Waals surface area contributed by atoms with Crippen LogP contribution in [-0.4, -0.2) is 58.9 Å². The molecule has 0 bridgehead atoms. The van der Waals surface area contributed by atoms with E-state index in [0.717, 1.165) is 0 Å². The van der Waals surface area contributed by atoms with Gasteiger partial charge in [0.15, 0.2) is 5.58 Å². The van der Waals surface area contributed by atoms with Crippen LogP contribution in [0.25, 0.3) is 11.1 Å². The van der Waals surface area contributed by atoms with Gasteiger partial charge >= 0.3 is 0 Å². The van der Waals surface area contributed by atoms with Gasteiger partial charge in [-0.15, -0.1) is 0 Å². The van der Waals surface area contributed by atoms with Crippen LogP contribution in [0.3, 0.4) is 0 Å². The van der Waals surface area contributed by atoms with E-state index in [1.54, 1.807) is 30.5 Å². The summed E-state index contributed by atoms with van der Waals surface area (Å²) in [7, 11) is 0. The third kappa shape index (κ3) is 5.19. The predicted octanol–water partition coefficient (Wildman–Crippen LogP) is 3.73. The zero-order valence-electron chi connectivity index (χ0n) is 19.5. The van der Waals surface area contributed by atoms with Gasteiger partial charge in [-0.25, -0.2) is 4.98 Å². The molecule has 2 fully saturated rings. The molecule has 2 aliphatic rings. The zero-order chi connectivity index (χ0) is 25.1. The summed E-state index contributed by atoms with van der Waals surface area (Å²) in [5.74, 6) is -0.768. The van der Waals surface area contributed by atoms with E-state index in [-0.39, 0.29) is 35.1 Å². The van der Waals surface area contributed by atoms with Crippen molar-refractivity contribution in [2.24, 2.45) is 11.8 Å². The van der Waals surface area contributed by atoms with E-state index in [2.05, 4.69) is 20.6 Å². The summed E-state index contributed by atoms with van der Waals surface area (Å²) >= 11 is 5.87. The van der Waals surface area contributed by atoms with E-state index in [1.165, 1.54) is 6.20 Å². The topological polar surface area (TPSA) is 127 Å². The summed E-state index contributed by atoms with van der Waals surface area (Å²) in [5.41, 5.74) is 0.978. The Hall–Kier alpha value is -3.50. The first-order chi connectivity index (χ1) is 17.5. The molecular formula is C25H26ClN5O5. The van der Waals surface area contributed by atoms with Crippen molar-refractivity contribution in [1.29, 1.82) is 0 Å². The molecule has 0 unspecified atom stereocenters. The standard InChI is InChI=1S/C25H26ClN5O5/c26-17-7-8-19(28-14-17)29-24(33)22-21(20-18(36-22)2-1-9-27-20)30-23(32)15-3-5-16(6-4-15)25(34)31-10-12-35-13-11-31/h1-2,7-9,14-16H,3-6,10-13H2,(H,30,32)(H,28,29,33). The molecule has 3 aromatic rings. The number of aromatic nitrogens is 2. The maximum absolute atomic E-state index is 13.2. The third-order valence-electron chi connectivity index (χ3n) is 6.64. The molecule has 1 saturated carbocycles. The minimum atomic E-state index is -0.571. The first kappa shape index (κ1) is 24.2. The Bertz CT molecular complexity index is 1260. The van der Waals surface area contributed by atoms with Gasteiger partial charge in [-0.3, -0.25) is 19.4 Å². The highest BCUT2D eigenvalue weighted by molar-refractivity contribution is 6.30. The second-order valence-corrected chi connectivity index (χ2v) is 9.38. The van der Waals surface area contributed by atoms with Gasteiger partial charge in [0, 0.05) is 37.3 Å². The van der Waals surface area contributed by atoms with Crippen molar-refractivity contribution in [3.63, 3.8) is 0 Å². The minimum absolute atomic E-state index is 0.0648. The average Bonchev–Trinajstić information content (AvgIpc) is 3.28. The van der Waals surface area contributed by atoms with E-state index in [9.17, 15) is 14.4 Å².